The molecule has 0 aliphatic heterocycles. The highest BCUT2D eigenvalue weighted by atomic mass is 15.1. The fraction of sp³-hybridized carbons (Fsp3) is 0.0952. The van der Waals surface area contributed by atoms with Crippen LogP contribution in [0, 0.1) is 6.92 Å². The van der Waals surface area contributed by atoms with E-state index >= 15 is 0 Å². The maximum Gasteiger partial charge on any atom is 0.0540 e. The summed E-state index contributed by atoms with van der Waals surface area (Å²) < 4.78 is 0. The van der Waals surface area contributed by atoms with Gasteiger partial charge < -0.3 is 4.90 Å². The van der Waals surface area contributed by atoms with Gasteiger partial charge in [-0.2, -0.15) is 0 Å². The number of anilines is 3. The molecular weight excluding hydrogens is 518 g/mol. The van der Waals surface area contributed by atoms with Crippen molar-refractivity contribution in [3.8, 4) is 0 Å². The zero-order valence-corrected chi connectivity index (χ0v) is 24.8. The van der Waals surface area contributed by atoms with Crippen molar-refractivity contribution in [2.45, 2.75) is 26.2 Å². The molecule has 0 saturated heterocycles. The predicted molar refractivity (Wildman–Crippen MR) is 186 cm³/mol. The van der Waals surface area contributed by atoms with E-state index in [9.17, 15) is 0 Å². The van der Waals surface area contributed by atoms with E-state index in [0.717, 1.165) is 5.69 Å². The highest BCUT2D eigenvalue weighted by Gasteiger charge is 2.33. The molecule has 1 heteroatoms. The third-order valence-electron chi connectivity index (χ3n) is 9.33. The van der Waals surface area contributed by atoms with Crippen molar-refractivity contribution >= 4 is 61.5 Å². The normalized spacial score (nSPS) is 13.6. The van der Waals surface area contributed by atoms with E-state index in [1.807, 2.05) is 0 Å². The van der Waals surface area contributed by atoms with Crippen molar-refractivity contribution in [1.29, 1.82) is 0 Å². The lowest BCUT2D eigenvalue weighted by Crippen LogP contribution is -2.15. The van der Waals surface area contributed by atoms with E-state index in [4.69, 9.17) is 0 Å². The minimum atomic E-state index is -0.0177. The van der Waals surface area contributed by atoms with Crippen LogP contribution in [0.5, 0.6) is 0 Å². The lowest BCUT2D eigenvalue weighted by atomic mass is 9.81. The predicted octanol–water partition coefficient (Wildman–Crippen LogP) is 11.7. The first kappa shape index (κ1) is 25.6. The molecule has 0 spiro atoms. The zero-order valence-electron chi connectivity index (χ0n) is 24.8. The maximum absolute atomic E-state index is 2.41. The van der Waals surface area contributed by atoms with Gasteiger partial charge in [0.1, 0.15) is 0 Å². The van der Waals surface area contributed by atoms with Gasteiger partial charge in [-0.1, -0.05) is 129 Å². The highest BCUT2D eigenvalue weighted by Crippen LogP contribution is 2.49. The summed E-state index contributed by atoms with van der Waals surface area (Å²) in [5, 5.41) is 7.97. The van der Waals surface area contributed by atoms with Gasteiger partial charge >= 0.3 is 0 Å². The van der Waals surface area contributed by atoms with E-state index in [2.05, 4.69) is 171 Å². The Labute approximate surface area is 253 Å². The Morgan fingerprint density at radius 1 is 0.535 bits per heavy atom. The van der Waals surface area contributed by atoms with Gasteiger partial charge in [0.25, 0.3) is 0 Å². The molecule has 0 amide bonds. The van der Waals surface area contributed by atoms with Crippen LogP contribution in [0.1, 0.15) is 41.7 Å². The first-order chi connectivity index (χ1) is 21.0. The second-order valence-corrected chi connectivity index (χ2v) is 12.3. The average Bonchev–Trinajstić information content (AvgIpc) is 3.28. The number of aryl methyl sites for hydroxylation is 1. The monoisotopic (exact) mass is 551 g/mol. The van der Waals surface area contributed by atoms with Crippen molar-refractivity contribution in [1.82, 2.24) is 0 Å². The van der Waals surface area contributed by atoms with Crippen LogP contribution in [0.2, 0.25) is 0 Å². The third kappa shape index (κ3) is 4.00. The number of nitrogens with zero attached hydrogens (tertiary/aromatic N) is 1. The SMILES string of the molecule is Cc1ccccc1N(c1ccccc1)c1ccc(/C=C/c2cc3c4c(ccc5cccc(c54)C3(C)C)c2)c2ccccc12. The Balaban J connectivity index is 1.25. The smallest absolute Gasteiger partial charge is 0.0540 e. The summed E-state index contributed by atoms with van der Waals surface area (Å²) in [4.78, 5) is 2.39. The molecule has 1 aliphatic rings. The van der Waals surface area contributed by atoms with Crippen LogP contribution >= 0.6 is 0 Å². The van der Waals surface area contributed by atoms with Crippen LogP contribution in [0.3, 0.4) is 0 Å². The van der Waals surface area contributed by atoms with E-state index in [1.54, 1.807) is 0 Å². The molecule has 0 radical (unpaired) electrons. The molecule has 0 atom stereocenters. The molecule has 0 aromatic heterocycles. The highest BCUT2D eigenvalue weighted by molar-refractivity contribution is 6.15. The van der Waals surface area contributed by atoms with Crippen molar-refractivity contribution in [2.75, 3.05) is 4.90 Å². The van der Waals surface area contributed by atoms with Crippen molar-refractivity contribution in [3.05, 3.63) is 161 Å². The largest absolute Gasteiger partial charge is 0.310 e. The van der Waals surface area contributed by atoms with Crippen LogP contribution in [0.25, 0.3) is 44.5 Å². The van der Waals surface area contributed by atoms with Crippen LogP contribution in [0.4, 0.5) is 17.1 Å². The van der Waals surface area contributed by atoms with Gasteiger partial charge in [0.05, 0.1) is 5.69 Å². The standard InChI is InChI=1S/C42H33N/c1-28-12-7-10-19-38(28)43(33-14-5-4-6-15-33)39-25-24-30(34-16-8-9-17-35(34)39)21-20-29-26-32-23-22-31-13-11-18-36-40(31)41(32)37(27-29)42(36,2)3/h4-27H,1-3H3/b21-20+. The van der Waals surface area contributed by atoms with Crippen molar-refractivity contribution in [3.63, 3.8) is 0 Å². The van der Waals surface area contributed by atoms with Gasteiger partial charge in [0.15, 0.2) is 0 Å². The molecule has 7 aromatic rings. The first-order valence-electron chi connectivity index (χ1n) is 15.1. The summed E-state index contributed by atoms with van der Waals surface area (Å²) in [6.45, 7) is 6.91. The molecule has 0 saturated carbocycles. The number of para-hydroxylation sites is 2. The number of rotatable bonds is 5. The third-order valence-corrected chi connectivity index (χ3v) is 9.33. The molecule has 8 rings (SSSR count). The molecular formula is C42H33N. The molecule has 0 N–H and O–H groups in total. The van der Waals surface area contributed by atoms with Gasteiger partial charge in [0.2, 0.25) is 0 Å². The molecule has 0 fully saturated rings. The minimum absolute atomic E-state index is 0.0177. The molecule has 0 bridgehead atoms. The summed E-state index contributed by atoms with van der Waals surface area (Å²) in [6, 6.07) is 48.7. The maximum atomic E-state index is 2.41. The summed E-state index contributed by atoms with van der Waals surface area (Å²) in [5.74, 6) is 0. The van der Waals surface area contributed by atoms with Crippen molar-refractivity contribution < 1.29 is 0 Å². The van der Waals surface area contributed by atoms with E-state index in [1.165, 1.54) is 71.5 Å². The fourth-order valence-electron chi connectivity index (χ4n) is 7.15. The van der Waals surface area contributed by atoms with Gasteiger partial charge in [-0.3, -0.25) is 0 Å². The summed E-state index contributed by atoms with van der Waals surface area (Å²) in [6.07, 6.45) is 4.57. The first-order valence-corrected chi connectivity index (χ1v) is 15.1. The van der Waals surface area contributed by atoms with E-state index in [-0.39, 0.29) is 5.41 Å². The molecule has 43 heavy (non-hydrogen) atoms. The second-order valence-electron chi connectivity index (χ2n) is 12.3. The lowest BCUT2D eigenvalue weighted by molar-refractivity contribution is 0.662. The zero-order chi connectivity index (χ0) is 29.1. The topological polar surface area (TPSA) is 3.24 Å². The Morgan fingerprint density at radius 2 is 1.26 bits per heavy atom. The molecule has 0 unspecified atom stereocenters. The van der Waals surface area contributed by atoms with E-state index < -0.39 is 0 Å². The Bertz CT molecular complexity index is 2220. The Hall–Kier alpha value is -5.14. The lowest BCUT2D eigenvalue weighted by Gasteiger charge is -2.28. The number of hydrogen-bond acceptors (Lipinski definition) is 1. The van der Waals surface area contributed by atoms with Gasteiger partial charge in [0, 0.05) is 22.2 Å². The van der Waals surface area contributed by atoms with Crippen LogP contribution < -0.4 is 4.90 Å². The van der Waals surface area contributed by atoms with Crippen LogP contribution in [-0.2, 0) is 5.41 Å². The molecule has 1 aliphatic carbocycles. The molecule has 7 aromatic carbocycles. The fourth-order valence-corrected chi connectivity index (χ4v) is 7.15. The molecule has 206 valence electrons. The van der Waals surface area contributed by atoms with Crippen molar-refractivity contribution in [2.24, 2.45) is 0 Å². The Morgan fingerprint density at radius 3 is 2.09 bits per heavy atom. The van der Waals surface area contributed by atoms with Crippen LogP contribution in [-0.4, -0.2) is 0 Å². The summed E-state index contributed by atoms with van der Waals surface area (Å²) in [5.41, 5.74) is 10.1. The summed E-state index contributed by atoms with van der Waals surface area (Å²) >= 11 is 0. The number of benzene rings is 7. The van der Waals surface area contributed by atoms with Gasteiger partial charge in [-0.05, 0) is 92.0 Å². The minimum Gasteiger partial charge on any atom is -0.310 e. The number of hydrogen-bond donors (Lipinski definition) is 0. The second kappa shape index (κ2) is 9.71. The average molecular weight is 552 g/mol. The van der Waals surface area contributed by atoms with Gasteiger partial charge in [-0.25, -0.2) is 0 Å². The number of fused-ring (bicyclic) bond motifs is 1. The van der Waals surface area contributed by atoms with Gasteiger partial charge in [-0.15, -0.1) is 0 Å². The molecule has 1 nitrogen and oxygen atoms in total. The Kier molecular flexibility index (Phi) is 5.77. The quantitative estimate of drug-likeness (QED) is 0.152. The molecule has 0 heterocycles. The van der Waals surface area contributed by atoms with Crippen LogP contribution in [0.15, 0.2) is 133 Å². The van der Waals surface area contributed by atoms with E-state index in [0.29, 0.717) is 0 Å². The summed E-state index contributed by atoms with van der Waals surface area (Å²) in [7, 11) is 0.